The second-order valence-electron chi connectivity index (χ2n) is 5.69. The summed E-state index contributed by atoms with van der Waals surface area (Å²) in [5.41, 5.74) is 2.74. The number of hydrogen-bond donors (Lipinski definition) is 1. The van der Waals surface area contributed by atoms with Crippen LogP contribution in [0.15, 0.2) is 53.5 Å². The van der Waals surface area contributed by atoms with E-state index in [4.69, 9.17) is 23.2 Å². The molecule has 1 aromatic heterocycles. The van der Waals surface area contributed by atoms with Gasteiger partial charge in [0.25, 0.3) is 5.91 Å². The van der Waals surface area contributed by atoms with E-state index in [1.165, 1.54) is 0 Å². The molecule has 3 aromatic rings. The number of thioether (sulfide) groups is 1. The Morgan fingerprint density at radius 1 is 1.08 bits per heavy atom. The number of halogens is 2. The molecule has 1 N–H and O–H groups in total. The Balaban J connectivity index is 1.82. The molecule has 0 radical (unpaired) electrons. The predicted molar refractivity (Wildman–Crippen MR) is 109 cm³/mol. The number of amides is 1. The van der Waals surface area contributed by atoms with Crippen LogP contribution in [0.25, 0.3) is 22.2 Å². The number of hydrogen-bond acceptors (Lipinski definition) is 4. The van der Waals surface area contributed by atoms with Gasteiger partial charge in [0.15, 0.2) is 5.17 Å². The Hall–Kier alpha value is -2.08. The monoisotopic (exact) mass is 401 g/mol. The lowest BCUT2D eigenvalue weighted by Gasteiger charge is -2.11. The zero-order valence-electron chi connectivity index (χ0n) is 13.5. The summed E-state index contributed by atoms with van der Waals surface area (Å²) in [4.78, 5) is 21.8. The van der Waals surface area contributed by atoms with E-state index in [0.29, 0.717) is 26.5 Å². The molecule has 0 spiro atoms. The van der Waals surface area contributed by atoms with E-state index in [9.17, 15) is 4.79 Å². The minimum absolute atomic E-state index is 0.196. The number of fused-ring (bicyclic) bond motifs is 1. The molecule has 130 valence electrons. The third-order valence-electron chi connectivity index (χ3n) is 3.98. The van der Waals surface area contributed by atoms with E-state index in [2.05, 4.69) is 15.3 Å². The first-order chi connectivity index (χ1) is 12.6. The van der Waals surface area contributed by atoms with Gasteiger partial charge in [0.2, 0.25) is 0 Å². The van der Waals surface area contributed by atoms with Crippen molar-refractivity contribution in [2.24, 2.45) is 4.99 Å². The second-order valence-corrected chi connectivity index (χ2v) is 7.59. The van der Waals surface area contributed by atoms with Gasteiger partial charge in [0.05, 0.1) is 33.4 Å². The lowest BCUT2D eigenvalue weighted by molar-refractivity contribution is 0.0979. The molecule has 4 nitrogen and oxygen atoms in total. The third kappa shape index (κ3) is 3.43. The summed E-state index contributed by atoms with van der Waals surface area (Å²) in [6.45, 7) is 0.728. The molecule has 0 unspecified atom stereocenters. The Kier molecular flexibility index (Phi) is 4.85. The number of aromatic nitrogens is 1. The maximum atomic E-state index is 12.8. The van der Waals surface area contributed by atoms with Crippen LogP contribution in [-0.4, -0.2) is 28.4 Å². The minimum Gasteiger partial charge on any atom is -0.301 e. The molecule has 0 saturated carbocycles. The first-order valence-corrected chi connectivity index (χ1v) is 9.70. The zero-order chi connectivity index (χ0) is 18.1. The molecule has 0 fully saturated rings. The average Bonchev–Trinajstić information content (AvgIpc) is 3.16. The number of nitrogens with zero attached hydrogens (tertiary/aromatic N) is 2. The van der Waals surface area contributed by atoms with Crippen molar-refractivity contribution < 1.29 is 4.79 Å². The summed E-state index contributed by atoms with van der Waals surface area (Å²) in [7, 11) is 0. The number of carbonyl (C=O) groups is 1. The molecule has 0 atom stereocenters. The molecule has 0 saturated heterocycles. The highest BCUT2D eigenvalue weighted by molar-refractivity contribution is 8.14. The summed E-state index contributed by atoms with van der Waals surface area (Å²) in [6, 6.07) is 14.6. The van der Waals surface area contributed by atoms with Crippen LogP contribution in [0, 0.1) is 0 Å². The van der Waals surface area contributed by atoms with Crippen molar-refractivity contribution in [1.29, 1.82) is 0 Å². The largest absolute Gasteiger partial charge is 0.301 e. The van der Waals surface area contributed by atoms with Crippen molar-refractivity contribution in [2.75, 3.05) is 12.3 Å². The van der Waals surface area contributed by atoms with Crippen molar-refractivity contribution in [3.05, 3.63) is 64.1 Å². The molecule has 26 heavy (non-hydrogen) atoms. The number of aliphatic imine (C=N–C) groups is 1. The van der Waals surface area contributed by atoms with Gasteiger partial charge in [0, 0.05) is 16.7 Å². The van der Waals surface area contributed by atoms with E-state index in [1.54, 1.807) is 30.0 Å². The zero-order valence-corrected chi connectivity index (χ0v) is 15.8. The highest BCUT2D eigenvalue weighted by atomic mass is 35.5. The van der Waals surface area contributed by atoms with Gasteiger partial charge in [-0.3, -0.25) is 9.79 Å². The van der Waals surface area contributed by atoms with Crippen LogP contribution in [0.5, 0.6) is 0 Å². The smallest absolute Gasteiger partial charge is 0.257 e. The quantitative estimate of drug-likeness (QED) is 0.653. The summed E-state index contributed by atoms with van der Waals surface area (Å²) in [5, 5.41) is 5.26. The minimum atomic E-state index is -0.196. The SMILES string of the molecule is O=C(NC1=NCCS1)c1cc(-c2ccc(Cl)c(Cl)c2)nc2ccccc12. The molecule has 0 aliphatic carbocycles. The van der Waals surface area contributed by atoms with Crippen LogP contribution in [0.4, 0.5) is 0 Å². The van der Waals surface area contributed by atoms with Gasteiger partial charge in [-0.1, -0.05) is 59.2 Å². The topological polar surface area (TPSA) is 54.4 Å². The van der Waals surface area contributed by atoms with Crippen molar-refractivity contribution in [3.8, 4) is 11.3 Å². The summed E-state index contributed by atoms with van der Waals surface area (Å²) in [6.07, 6.45) is 0. The molecule has 1 aliphatic heterocycles. The van der Waals surface area contributed by atoms with Crippen molar-refractivity contribution in [2.45, 2.75) is 0 Å². The second kappa shape index (κ2) is 7.27. The van der Waals surface area contributed by atoms with Crippen LogP contribution in [0.1, 0.15) is 10.4 Å². The molecular formula is C19H13Cl2N3OS. The van der Waals surface area contributed by atoms with Gasteiger partial charge >= 0.3 is 0 Å². The molecule has 4 rings (SSSR count). The lowest BCUT2D eigenvalue weighted by Crippen LogP contribution is -2.27. The third-order valence-corrected chi connectivity index (χ3v) is 5.61. The normalized spacial score (nSPS) is 13.7. The van der Waals surface area contributed by atoms with Crippen LogP contribution in [0.2, 0.25) is 10.0 Å². The molecule has 1 amide bonds. The van der Waals surface area contributed by atoms with E-state index in [1.807, 2.05) is 30.3 Å². The van der Waals surface area contributed by atoms with Gasteiger partial charge in [0.1, 0.15) is 0 Å². The Morgan fingerprint density at radius 3 is 2.69 bits per heavy atom. The summed E-state index contributed by atoms with van der Waals surface area (Å²) in [5.74, 6) is 0.694. The van der Waals surface area contributed by atoms with Gasteiger partial charge in [-0.05, 0) is 24.3 Å². The highest BCUT2D eigenvalue weighted by Gasteiger charge is 2.17. The van der Waals surface area contributed by atoms with Gasteiger partial charge in [-0.25, -0.2) is 4.98 Å². The first-order valence-electron chi connectivity index (χ1n) is 7.95. The number of amidine groups is 1. The fraction of sp³-hybridized carbons (Fsp3) is 0.105. The van der Waals surface area contributed by atoms with Gasteiger partial charge in [-0.15, -0.1) is 0 Å². The fourth-order valence-electron chi connectivity index (χ4n) is 2.74. The van der Waals surface area contributed by atoms with Crippen molar-refractivity contribution >= 4 is 56.9 Å². The predicted octanol–water partition coefficient (Wildman–Crippen LogP) is 5.04. The van der Waals surface area contributed by atoms with Crippen molar-refractivity contribution in [3.63, 3.8) is 0 Å². The van der Waals surface area contributed by atoms with Gasteiger partial charge in [-0.2, -0.15) is 0 Å². The Labute approximate surface area is 164 Å². The average molecular weight is 402 g/mol. The Bertz CT molecular complexity index is 1050. The molecule has 0 bridgehead atoms. The number of pyridine rings is 1. The molecule has 1 aliphatic rings. The van der Waals surface area contributed by atoms with E-state index >= 15 is 0 Å². The fourth-order valence-corrected chi connectivity index (χ4v) is 3.76. The number of rotatable bonds is 2. The van der Waals surface area contributed by atoms with Crippen LogP contribution < -0.4 is 5.32 Å². The lowest BCUT2D eigenvalue weighted by atomic mass is 10.0. The van der Waals surface area contributed by atoms with Crippen molar-refractivity contribution in [1.82, 2.24) is 10.3 Å². The molecule has 2 heterocycles. The molecule has 2 aromatic carbocycles. The highest BCUT2D eigenvalue weighted by Crippen LogP contribution is 2.30. The van der Waals surface area contributed by atoms with E-state index in [0.717, 1.165) is 28.8 Å². The van der Waals surface area contributed by atoms with Crippen LogP contribution >= 0.6 is 35.0 Å². The number of carbonyl (C=O) groups excluding carboxylic acids is 1. The summed E-state index contributed by atoms with van der Waals surface area (Å²) >= 11 is 13.7. The number of para-hydroxylation sites is 1. The number of benzene rings is 2. The molecule has 7 heteroatoms. The van der Waals surface area contributed by atoms with E-state index in [-0.39, 0.29) is 5.91 Å². The number of nitrogens with one attached hydrogen (secondary N) is 1. The van der Waals surface area contributed by atoms with E-state index < -0.39 is 0 Å². The van der Waals surface area contributed by atoms with Crippen LogP contribution in [-0.2, 0) is 0 Å². The summed E-state index contributed by atoms with van der Waals surface area (Å²) < 4.78 is 0. The first kappa shape index (κ1) is 17.3. The van der Waals surface area contributed by atoms with Gasteiger partial charge < -0.3 is 5.32 Å². The maximum absolute atomic E-state index is 12.8. The van der Waals surface area contributed by atoms with Crippen LogP contribution in [0.3, 0.4) is 0 Å². The molecular weight excluding hydrogens is 389 g/mol. The standard InChI is InChI=1S/C19H13Cl2N3OS/c20-14-6-5-11(9-15(14)21)17-10-13(12-3-1-2-4-16(12)23-17)18(25)24-19-22-7-8-26-19/h1-6,9-10H,7-8H2,(H,22,24,25). The Morgan fingerprint density at radius 2 is 1.92 bits per heavy atom. The maximum Gasteiger partial charge on any atom is 0.257 e.